The van der Waals surface area contributed by atoms with Gasteiger partial charge >= 0.3 is 0 Å². The zero-order chi connectivity index (χ0) is 25.3. The first-order chi connectivity index (χ1) is 16.7. The lowest BCUT2D eigenvalue weighted by molar-refractivity contribution is -0.124. The van der Waals surface area contributed by atoms with Crippen LogP contribution < -0.4 is 4.90 Å². The molecule has 190 valence electrons. The highest BCUT2D eigenvalue weighted by molar-refractivity contribution is 6.14. The number of ether oxygens (including phenoxy) is 2. The molecule has 0 saturated carbocycles. The average molecular weight is 482 g/mol. The van der Waals surface area contributed by atoms with Gasteiger partial charge in [-0.05, 0) is 61.3 Å². The number of carbonyl (C=O) groups excluding carboxylic acids is 2. The predicted molar refractivity (Wildman–Crippen MR) is 139 cm³/mol. The summed E-state index contributed by atoms with van der Waals surface area (Å²) in [6.07, 6.45) is 5.64. The third-order valence-corrected chi connectivity index (χ3v) is 7.30. The number of aromatic amines is 1. The average Bonchev–Trinajstić information content (AvgIpc) is 3.21. The summed E-state index contributed by atoms with van der Waals surface area (Å²) in [7, 11) is 7.24. The highest BCUT2D eigenvalue weighted by atomic mass is 16.5. The Morgan fingerprint density at radius 3 is 2.40 bits per heavy atom. The number of Topliss-reactive ketones (excluding diaryl/α,β-unsaturated/α-hetero) is 1. The van der Waals surface area contributed by atoms with E-state index in [-0.39, 0.29) is 11.7 Å². The Morgan fingerprint density at radius 1 is 1.11 bits per heavy atom. The summed E-state index contributed by atoms with van der Waals surface area (Å²) in [6, 6.07) is 4.26. The summed E-state index contributed by atoms with van der Waals surface area (Å²) in [6.45, 7) is 5.90. The highest BCUT2D eigenvalue weighted by Gasteiger charge is 2.50. The normalized spacial score (nSPS) is 18.5. The van der Waals surface area contributed by atoms with Crippen molar-refractivity contribution in [3.8, 4) is 0 Å². The largest absolute Gasteiger partial charge is 0.385 e. The fourth-order valence-corrected chi connectivity index (χ4v) is 5.70. The molecule has 0 saturated heterocycles. The van der Waals surface area contributed by atoms with Crippen LogP contribution in [0.2, 0.25) is 0 Å². The molecule has 2 heterocycles. The monoisotopic (exact) mass is 481 g/mol. The number of benzene rings is 1. The Kier molecular flexibility index (Phi) is 7.38. The summed E-state index contributed by atoms with van der Waals surface area (Å²) in [5.41, 5.74) is 4.79. The van der Waals surface area contributed by atoms with Crippen molar-refractivity contribution in [2.24, 2.45) is 5.92 Å². The number of nitrogens with zero attached hydrogens (tertiary/aromatic N) is 2. The van der Waals surface area contributed by atoms with Gasteiger partial charge in [-0.2, -0.15) is 0 Å². The number of methoxy groups -OCH3 is 2. The van der Waals surface area contributed by atoms with Crippen LogP contribution in [-0.4, -0.2) is 69.6 Å². The van der Waals surface area contributed by atoms with Gasteiger partial charge < -0.3 is 24.3 Å². The van der Waals surface area contributed by atoms with Crippen LogP contribution in [0.1, 0.15) is 61.1 Å². The molecule has 7 heteroatoms. The van der Waals surface area contributed by atoms with Crippen LogP contribution in [0.3, 0.4) is 0 Å². The van der Waals surface area contributed by atoms with E-state index in [1.54, 1.807) is 14.2 Å². The Labute approximate surface area is 208 Å². The zero-order valence-electron chi connectivity index (χ0n) is 22.0. The molecule has 7 nitrogen and oxygen atoms in total. The van der Waals surface area contributed by atoms with Gasteiger partial charge in [0.15, 0.2) is 0 Å². The highest BCUT2D eigenvalue weighted by Crippen LogP contribution is 2.49. The minimum absolute atomic E-state index is 0.0719. The van der Waals surface area contributed by atoms with Gasteiger partial charge in [0.1, 0.15) is 0 Å². The van der Waals surface area contributed by atoms with E-state index in [9.17, 15) is 9.59 Å². The standard InChI is InChI=1S/C28H39N3O4/c1-18(2)16-31-24-14-21-20-9-7-8-19(17-30(3)4)26(32)25(20)29-23(21)15-22(24)28(27(31)33,10-12-34-5)11-13-35-6/h14-15,17-18,29H,7-13,16H2,1-6H3/b19-17+. The third kappa shape index (κ3) is 4.52. The van der Waals surface area contributed by atoms with Gasteiger partial charge in [0.05, 0.1) is 11.1 Å². The van der Waals surface area contributed by atoms with Crippen molar-refractivity contribution < 1.29 is 19.1 Å². The number of hydrogen-bond donors (Lipinski definition) is 1. The fraction of sp³-hybridized carbons (Fsp3) is 0.571. The number of aryl methyl sites for hydroxylation is 1. The van der Waals surface area contributed by atoms with E-state index in [1.807, 2.05) is 30.1 Å². The minimum atomic E-state index is -0.701. The fourth-order valence-electron chi connectivity index (χ4n) is 5.70. The molecule has 1 aromatic heterocycles. The van der Waals surface area contributed by atoms with E-state index < -0.39 is 5.41 Å². The van der Waals surface area contributed by atoms with Crippen LogP contribution in [0, 0.1) is 5.92 Å². The van der Waals surface area contributed by atoms with Crippen molar-refractivity contribution >= 4 is 28.3 Å². The molecule has 4 rings (SSSR count). The maximum Gasteiger partial charge on any atom is 0.237 e. The Bertz CT molecular complexity index is 1140. The number of carbonyl (C=O) groups is 2. The summed E-state index contributed by atoms with van der Waals surface area (Å²) in [5.74, 6) is 0.524. The van der Waals surface area contributed by atoms with E-state index in [2.05, 4.69) is 31.0 Å². The van der Waals surface area contributed by atoms with Crippen molar-refractivity contribution in [2.75, 3.05) is 53.0 Å². The lowest BCUT2D eigenvalue weighted by Gasteiger charge is -2.29. The summed E-state index contributed by atoms with van der Waals surface area (Å²) >= 11 is 0. The number of amides is 1. The molecule has 0 spiro atoms. The molecule has 35 heavy (non-hydrogen) atoms. The van der Waals surface area contributed by atoms with Crippen LogP contribution in [0.25, 0.3) is 10.9 Å². The van der Waals surface area contributed by atoms with E-state index in [0.29, 0.717) is 44.2 Å². The first kappa shape index (κ1) is 25.5. The Morgan fingerprint density at radius 2 is 1.80 bits per heavy atom. The van der Waals surface area contributed by atoms with Crippen molar-refractivity contribution in [1.82, 2.24) is 9.88 Å². The molecular weight excluding hydrogens is 442 g/mol. The zero-order valence-corrected chi connectivity index (χ0v) is 22.0. The van der Waals surface area contributed by atoms with Crippen LogP contribution in [0.4, 0.5) is 5.69 Å². The first-order valence-electron chi connectivity index (χ1n) is 12.6. The van der Waals surface area contributed by atoms with E-state index in [4.69, 9.17) is 9.47 Å². The Hall–Kier alpha value is -2.64. The quantitative estimate of drug-likeness (QED) is 0.423. The molecule has 0 bridgehead atoms. The molecule has 0 unspecified atom stereocenters. The van der Waals surface area contributed by atoms with Crippen LogP contribution in [0.5, 0.6) is 0 Å². The third-order valence-electron chi connectivity index (χ3n) is 7.30. The minimum Gasteiger partial charge on any atom is -0.385 e. The second-order valence-electron chi connectivity index (χ2n) is 10.6. The molecule has 2 aromatic rings. The van der Waals surface area contributed by atoms with Crippen molar-refractivity contribution in [2.45, 2.75) is 51.4 Å². The maximum absolute atomic E-state index is 14.0. The maximum atomic E-state index is 14.0. The summed E-state index contributed by atoms with van der Waals surface area (Å²) in [4.78, 5) is 34.8. The summed E-state index contributed by atoms with van der Waals surface area (Å²) < 4.78 is 10.9. The van der Waals surface area contributed by atoms with Gasteiger partial charge in [0.25, 0.3) is 0 Å². The number of rotatable bonds is 9. The number of allylic oxidation sites excluding steroid dienone is 1. The van der Waals surface area contributed by atoms with E-state index in [1.165, 1.54) is 0 Å². The van der Waals surface area contributed by atoms with Gasteiger partial charge in [0, 0.05) is 76.4 Å². The number of hydrogen-bond acceptors (Lipinski definition) is 5. The lowest BCUT2D eigenvalue weighted by Crippen LogP contribution is -2.43. The van der Waals surface area contributed by atoms with Crippen LogP contribution in [0.15, 0.2) is 23.9 Å². The lowest BCUT2D eigenvalue weighted by atomic mass is 9.76. The second kappa shape index (κ2) is 10.2. The van der Waals surface area contributed by atoms with Crippen molar-refractivity contribution in [3.63, 3.8) is 0 Å². The molecule has 1 N–H and O–H groups in total. The second-order valence-corrected chi connectivity index (χ2v) is 10.6. The van der Waals surface area contributed by atoms with Gasteiger partial charge in [-0.15, -0.1) is 0 Å². The van der Waals surface area contributed by atoms with Crippen LogP contribution in [-0.2, 0) is 26.1 Å². The molecule has 0 fully saturated rings. The molecule has 1 aliphatic carbocycles. The number of H-pyrrole nitrogens is 1. The van der Waals surface area contributed by atoms with Crippen LogP contribution >= 0.6 is 0 Å². The van der Waals surface area contributed by atoms with Crippen molar-refractivity contribution in [1.29, 1.82) is 0 Å². The van der Waals surface area contributed by atoms with Crippen molar-refractivity contribution in [3.05, 3.63) is 40.7 Å². The van der Waals surface area contributed by atoms with Gasteiger partial charge in [-0.25, -0.2) is 0 Å². The molecule has 0 radical (unpaired) electrons. The van der Waals surface area contributed by atoms with E-state index >= 15 is 0 Å². The van der Waals surface area contributed by atoms with Gasteiger partial charge in [-0.3, -0.25) is 9.59 Å². The smallest absolute Gasteiger partial charge is 0.237 e. The molecule has 1 amide bonds. The number of anilines is 1. The van der Waals surface area contributed by atoms with E-state index in [0.717, 1.165) is 52.6 Å². The molecular formula is C28H39N3O4. The number of nitrogens with one attached hydrogen (secondary N) is 1. The van der Waals surface area contributed by atoms with Gasteiger partial charge in [0.2, 0.25) is 11.7 Å². The Balaban J connectivity index is 1.91. The van der Waals surface area contributed by atoms with Gasteiger partial charge in [-0.1, -0.05) is 13.8 Å². The molecule has 1 aliphatic heterocycles. The molecule has 0 atom stereocenters. The first-order valence-corrected chi connectivity index (χ1v) is 12.6. The molecule has 1 aromatic carbocycles. The number of fused-ring (bicyclic) bond motifs is 4. The number of ketones is 1. The number of aromatic nitrogens is 1. The summed E-state index contributed by atoms with van der Waals surface area (Å²) in [5, 5.41) is 1.05. The predicted octanol–water partition coefficient (Wildman–Crippen LogP) is 4.45. The SMILES string of the molecule is COCCC1(CCOC)C(=O)N(CC(C)C)c2cc3c4c([nH]c3cc21)C(=O)/C(=C/N(C)C)CCC4. The topological polar surface area (TPSA) is 74.9 Å². The molecule has 2 aliphatic rings.